The van der Waals surface area contributed by atoms with E-state index in [1.165, 1.54) is 0 Å². The maximum Gasteiger partial charge on any atom is 0.0698 e. The van der Waals surface area contributed by atoms with Crippen LogP contribution in [-0.4, -0.2) is 21.5 Å². The first-order valence-corrected chi connectivity index (χ1v) is 5.56. The Morgan fingerprint density at radius 2 is 2.06 bits per heavy atom. The van der Waals surface area contributed by atoms with Gasteiger partial charge < -0.3 is 5.11 Å². The number of aliphatic hydroxyl groups is 1. The number of halogens is 2. The van der Waals surface area contributed by atoms with E-state index in [-0.39, 0.29) is 6.61 Å². The van der Waals surface area contributed by atoms with Crippen molar-refractivity contribution in [3.05, 3.63) is 40.5 Å². The molecule has 3 nitrogen and oxygen atoms in total. The fraction of sp³-hybridized carbons (Fsp3) is 0.182. The molecule has 0 bridgehead atoms. The van der Waals surface area contributed by atoms with Gasteiger partial charge in [-0.1, -0.05) is 23.2 Å². The lowest BCUT2D eigenvalue weighted by Gasteiger charge is -2.07. The standard InChI is InChI=1S/C11H10Cl2N2O/c12-8-1-2-9(10(13)7-8)11-3-4-14-15(11)5-6-16/h1-4,7,16H,5-6H2. The van der Waals surface area contributed by atoms with Gasteiger partial charge in [-0.3, -0.25) is 4.68 Å². The molecule has 0 unspecified atom stereocenters. The molecule has 0 atom stereocenters. The van der Waals surface area contributed by atoms with Crippen molar-refractivity contribution in [3.8, 4) is 11.3 Å². The van der Waals surface area contributed by atoms with Crippen molar-refractivity contribution in [1.29, 1.82) is 0 Å². The molecule has 84 valence electrons. The van der Waals surface area contributed by atoms with E-state index >= 15 is 0 Å². The summed E-state index contributed by atoms with van der Waals surface area (Å²) in [6.07, 6.45) is 1.68. The fourth-order valence-corrected chi connectivity index (χ4v) is 2.04. The molecule has 1 heterocycles. The van der Waals surface area contributed by atoms with E-state index in [2.05, 4.69) is 5.10 Å². The summed E-state index contributed by atoms with van der Waals surface area (Å²) in [5.41, 5.74) is 1.73. The van der Waals surface area contributed by atoms with Crippen molar-refractivity contribution in [3.63, 3.8) is 0 Å². The maximum atomic E-state index is 8.91. The van der Waals surface area contributed by atoms with Gasteiger partial charge in [0.1, 0.15) is 0 Å². The van der Waals surface area contributed by atoms with Crippen molar-refractivity contribution in [2.24, 2.45) is 0 Å². The Labute approximate surface area is 103 Å². The first kappa shape index (κ1) is 11.5. The SMILES string of the molecule is OCCn1nccc1-c1ccc(Cl)cc1Cl. The zero-order chi connectivity index (χ0) is 11.5. The topological polar surface area (TPSA) is 38.0 Å². The second-order valence-corrected chi connectivity index (χ2v) is 4.13. The van der Waals surface area contributed by atoms with E-state index in [1.54, 1.807) is 23.0 Å². The van der Waals surface area contributed by atoms with Crippen LogP contribution in [0.4, 0.5) is 0 Å². The number of aliphatic hydroxyl groups excluding tert-OH is 1. The molecule has 0 spiro atoms. The Bertz CT molecular complexity index is 496. The second-order valence-electron chi connectivity index (χ2n) is 3.29. The Morgan fingerprint density at radius 1 is 1.25 bits per heavy atom. The Balaban J connectivity index is 2.46. The van der Waals surface area contributed by atoms with Gasteiger partial charge >= 0.3 is 0 Å². The number of hydrogen-bond donors (Lipinski definition) is 1. The van der Waals surface area contributed by atoms with Crippen molar-refractivity contribution >= 4 is 23.2 Å². The van der Waals surface area contributed by atoms with Gasteiger partial charge in [-0.2, -0.15) is 5.10 Å². The molecule has 16 heavy (non-hydrogen) atoms. The van der Waals surface area contributed by atoms with E-state index in [9.17, 15) is 0 Å². The van der Waals surface area contributed by atoms with E-state index in [1.807, 2.05) is 12.1 Å². The minimum Gasteiger partial charge on any atom is -0.394 e. The lowest BCUT2D eigenvalue weighted by molar-refractivity contribution is 0.270. The van der Waals surface area contributed by atoms with Crippen LogP contribution in [0.1, 0.15) is 0 Å². The van der Waals surface area contributed by atoms with Crippen molar-refractivity contribution in [2.75, 3.05) is 6.61 Å². The van der Waals surface area contributed by atoms with Gasteiger partial charge in [-0.05, 0) is 24.3 Å². The van der Waals surface area contributed by atoms with Crippen LogP contribution in [0, 0.1) is 0 Å². The molecule has 0 fully saturated rings. The Hall–Kier alpha value is -1.03. The molecule has 1 aromatic carbocycles. The molecule has 0 aliphatic rings. The monoisotopic (exact) mass is 256 g/mol. The lowest BCUT2D eigenvalue weighted by Crippen LogP contribution is -2.05. The van der Waals surface area contributed by atoms with Gasteiger partial charge in [0.05, 0.1) is 23.9 Å². The van der Waals surface area contributed by atoms with Crippen LogP contribution in [0.3, 0.4) is 0 Å². The molecule has 1 aromatic heterocycles. The molecular formula is C11H10Cl2N2O. The van der Waals surface area contributed by atoms with Crippen LogP contribution in [0.2, 0.25) is 10.0 Å². The predicted molar refractivity (Wildman–Crippen MR) is 64.8 cm³/mol. The first-order valence-electron chi connectivity index (χ1n) is 4.80. The minimum absolute atomic E-state index is 0.0416. The zero-order valence-electron chi connectivity index (χ0n) is 8.40. The summed E-state index contributed by atoms with van der Waals surface area (Å²) in [6, 6.07) is 7.16. The summed E-state index contributed by atoms with van der Waals surface area (Å²) in [6.45, 7) is 0.487. The third-order valence-electron chi connectivity index (χ3n) is 2.24. The van der Waals surface area contributed by atoms with Crippen LogP contribution in [0.15, 0.2) is 30.5 Å². The molecule has 0 aliphatic heterocycles. The molecule has 2 aromatic rings. The smallest absolute Gasteiger partial charge is 0.0698 e. The maximum absolute atomic E-state index is 8.91. The molecule has 0 amide bonds. The third kappa shape index (κ3) is 2.21. The Kier molecular flexibility index (Phi) is 3.49. The normalized spacial score (nSPS) is 10.7. The van der Waals surface area contributed by atoms with Crippen LogP contribution in [0.5, 0.6) is 0 Å². The molecule has 2 rings (SSSR count). The molecule has 0 radical (unpaired) electrons. The fourth-order valence-electron chi connectivity index (χ4n) is 1.53. The van der Waals surface area contributed by atoms with Gasteiger partial charge in [-0.25, -0.2) is 0 Å². The van der Waals surface area contributed by atoms with Gasteiger partial charge in [-0.15, -0.1) is 0 Å². The largest absolute Gasteiger partial charge is 0.394 e. The number of nitrogens with zero attached hydrogens (tertiary/aromatic N) is 2. The molecule has 0 aliphatic carbocycles. The first-order chi connectivity index (χ1) is 7.72. The number of hydrogen-bond acceptors (Lipinski definition) is 2. The van der Waals surface area contributed by atoms with E-state index < -0.39 is 0 Å². The minimum atomic E-state index is 0.0416. The van der Waals surface area contributed by atoms with Crippen molar-refractivity contribution < 1.29 is 5.11 Å². The number of benzene rings is 1. The molecule has 1 N–H and O–H groups in total. The average Bonchev–Trinajstić information content (AvgIpc) is 2.67. The van der Waals surface area contributed by atoms with Gasteiger partial charge in [0.15, 0.2) is 0 Å². The van der Waals surface area contributed by atoms with Crippen molar-refractivity contribution in [1.82, 2.24) is 9.78 Å². The average molecular weight is 257 g/mol. The summed E-state index contributed by atoms with van der Waals surface area (Å²) in [4.78, 5) is 0. The molecule has 0 saturated heterocycles. The van der Waals surface area contributed by atoms with E-state index in [4.69, 9.17) is 28.3 Å². The van der Waals surface area contributed by atoms with Gasteiger partial charge in [0.2, 0.25) is 0 Å². The predicted octanol–water partition coefficient (Wildman–Crippen LogP) is 2.85. The summed E-state index contributed by atoms with van der Waals surface area (Å²) < 4.78 is 1.70. The third-order valence-corrected chi connectivity index (χ3v) is 2.78. The summed E-state index contributed by atoms with van der Waals surface area (Å²) in [5.74, 6) is 0. The van der Waals surface area contributed by atoms with Crippen LogP contribution < -0.4 is 0 Å². The zero-order valence-corrected chi connectivity index (χ0v) is 9.91. The van der Waals surface area contributed by atoms with E-state index in [0.29, 0.717) is 16.6 Å². The summed E-state index contributed by atoms with van der Waals surface area (Å²) in [5, 5.41) is 14.2. The quantitative estimate of drug-likeness (QED) is 0.918. The van der Waals surface area contributed by atoms with Gasteiger partial charge in [0.25, 0.3) is 0 Å². The number of rotatable bonds is 3. The lowest BCUT2D eigenvalue weighted by atomic mass is 10.1. The summed E-state index contributed by atoms with van der Waals surface area (Å²) in [7, 11) is 0. The van der Waals surface area contributed by atoms with Gasteiger partial charge in [0, 0.05) is 16.8 Å². The highest BCUT2D eigenvalue weighted by atomic mass is 35.5. The second kappa shape index (κ2) is 4.87. The molecule has 0 saturated carbocycles. The van der Waals surface area contributed by atoms with Crippen LogP contribution >= 0.6 is 23.2 Å². The molecular weight excluding hydrogens is 247 g/mol. The highest BCUT2D eigenvalue weighted by Crippen LogP contribution is 2.29. The number of aromatic nitrogens is 2. The van der Waals surface area contributed by atoms with Crippen LogP contribution in [0.25, 0.3) is 11.3 Å². The van der Waals surface area contributed by atoms with Crippen LogP contribution in [-0.2, 0) is 6.54 Å². The van der Waals surface area contributed by atoms with Crippen molar-refractivity contribution in [2.45, 2.75) is 6.54 Å². The molecule has 5 heteroatoms. The highest BCUT2D eigenvalue weighted by molar-refractivity contribution is 6.36. The summed E-state index contributed by atoms with van der Waals surface area (Å²) >= 11 is 11.9. The van der Waals surface area contributed by atoms with E-state index in [0.717, 1.165) is 11.3 Å². The Morgan fingerprint density at radius 3 is 2.75 bits per heavy atom. The highest BCUT2D eigenvalue weighted by Gasteiger charge is 2.09.